The summed E-state index contributed by atoms with van der Waals surface area (Å²) in [5.74, 6) is -0.730. The molecule has 0 saturated heterocycles. The van der Waals surface area contributed by atoms with Crippen LogP contribution >= 0.6 is 34.8 Å². The Kier molecular flexibility index (Phi) is 5.85. The molecular formula is C15H9Cl3F3NO2. The lowest BCUT2D eigenvalue weighted by molar-refractivity contribution is -0.137. The van der Waals surface area contributed by atoms with Gasteiger partial charge < -0.3 is 10.1 Å². The monoisotopic (exact) mass is 397 g/mol. The van der Waals surface area contributed by atoms with E-state index in [9.17, 15) is 18.0 Å². The van der Waals surface area contributed by atoms with Gasteiger partial charge in [-0.05, 0) is 30.3 Å². The van der Waals surface area contributed by atoms with E-state index in [1.807, 2.05) is 0 Å². The lowest BCUT2D eigenvalue weighted by Gasteiger charge is -2.12. The van der Waals surface area contributed by atoms with Gasteiger partial charge in [0.2, 0.25) is 0 Å². The minimum atomic E-state index is -4.49. The Morgan fingerprint density at radius 3 is 2.29 bits per heavy atom. The number of alkyl halides is 3. The van der Waals surface area contributed by atoms with Gasteiger partial charge in [-0.2, -0.15) is 13.2 Å². The van der Waals surface area contributed by atoms with Crippen molar-refractivity contribution >= 4 is 46.4 Å². The van der Waals surface area contributed by atoms with E-state index >= 15 is 0 Å². The van der Waals surface area contributed by atoms with Gasteiger partial charge in [-0.3, -0.25) is 4.79 Å². The highest BCUT2D eigenvalue weighted by molar-refractivity contribution is 6.42. The first-order valence-electron chi connectivity index (χ1n) is 6.41. The number of rotatable bonds is 4. The average molecular weight is 399 g/mol. The molecule has 0 bridgehead atoms. The lowest BCUT2D eigenvalue weighted by atomic mass is 10.2. The molecule has 0 fully saturated rings. The van der Waals surface area contributed by atoms with Crippen LogP contribution in [0.4, 0.5) is 18.9 Å². The van der Waals surface area contributed by atoms with Crippen molar-refractivity contribution in [2.45, 2.75) is 6.18 Å². The van der Waals surface area contributed by atoms with Crippen LogP contribution in [0.2, 0.25) is 15.1 Å². The minimum absolute atomic E-state index is 0.0896. The molecular weight excluding hydrogens is 390 g/mol. The number of benzene rings is 2. The Morgan fingerprint density at radius 1 is 1.08 bits per heavy atom. The second-order valence-corrected chi connectivity index (χ2v) is 5.86. The maximum absolute atomic E-state index is 12.6. The Bertz CT molecular complexity index is 743. The van der Waals surface area contributed by atoms with Crippen LogP contribution in [0.1, 0.15) is 5.56 Å². The van der Waals surface area contributed by atoms with Crippen LogP contribution < -0.4 is 10.1 Å². The van der Waals surface area contributed by atoms with E-state index in [2.05, 4.69) is 5.32 Å². The molecule has 2 aromatic carbocycles. The van der Waals surface area contributed by atoms with E-state index in [-0.39, 0.29) is 21.5 Å². The molecule has 24 heavy (non-hydrogen) atoms. The number of hydrogen-bond donors (Lipinski definition) is 1. The van der Waals surface area contributed by atoms with Crippen molar-refractivity contribution < 1.29 is 22.7 Å². The molecule has 0 heterocycles. The predicted octanol–water partition coefficient (Wildman–Crippen LogP) is 5.68. The number of amides is 1. The molecule has 1 N–H and O–H groups in total. The summed E-state index contributed by atoms with van der Waals surface area (Å²) in [7, 11) is 0. The van der Waals surface area contributed by atoms with E-state index in [4.69, 9.17) is 39.5 Å². The number of halogens is 6. The Morgan fingerprint density at radius 2 is 1.71 bits per heavy atom. The molecule has 0 aliphatic rings. The first-order chi connectivity index (χ1) is 11.2. The van der Waals surface area contributed by atoms with E-state index < -0.39 is 24.3 Å². The van der Waals surface area contributed by atoms with Crippen molar-refractivity contribution in [3.05, 3.63) is 57.0 Å². The van der Waals surface area contributed by atoms with Gasteiger partial charge in [0, 0.05) is 5.02 Å². The highest BCUT2D eigenvalue weighted by atomic mass is 35.5. The molecule has 2 rings (SSSR count). The van der Waals surface area contributed by atoms with Crippen LogP contribution in [-0.2, 0) is 11.0 Å². The van der Waals surface area contributed by atoms with Crippen molar-refractivity contribution in [1.82, 2.24) is 0 Å². The zero-order valence-corrected chi connectivity index (χ0v) is 14.0. The van der Waals surface area contributed by atoms with Crippen LogP contribution in [0.5, 0.6) is 5.75 Å². The molecule has 128 valence electrons. The fraction of sp³-hybridized carbons (Fsp3) is 0.133. The van der Waals surface area contributed by atoms with Gasteiger partial charge in [0.25, 0.3) is 5.91 Å². The smallest absolute Gasteiger partial charge is 0.416 e. The van der Waals surface area contributed by atoms with E-state index in [1.165, 1.54) is 24.3 Å². The third-order valence-corrected chi connectivity index (χ3v) is 3.62. The quantitative estimate of drug-likeness (QED) is 0.719. The lowest BCUT2D eigenvalue weighted by Crippen LogP contribution is -2.20. The second-order valence-electron chi connectivity index (χ2n) is 4.61. The predicted molar refractivity (Wildman–Crippen MR) is 87.0 cm³/mol. The summed E-state index contributed by atoms with van der Waals surface area (Å²) in [6.45, 7) is -0.517. The van der Waals surface area contributed by atoms with Crippen LogP contribution in [0, 0.1) is 0 Å². The van der Waals surface area contributed by atoms with Crippen LogP contribution in [-0.4, -0.2) is 12.5 Å². The number of hydrogen-bond acceptors (Lipinski definition) is 2. The maximum Gasteiger partial charge on any atom is 0.416 e. The average Bonchev–Trinajstić information content (AvgIpc) is 2.48. The third kappa shape index (κ3) is 4.93. The van der Waals surface area contributed by atoms with Gasteiger partial charge in [-0.25, -0.2) is 0 Å². The van der Waals surface area contributed by atoms with Crippen LogP contribution in [0.25, 0.3) is 0 Å². The molecule has 9 heteroatoms. The summed E-state index contributed by atoms with van der Waals surface area (Å²) in [5.41, 5.74) is -0.732. The van der Waals surface area contributed by atoms with Gasteiger partial charge in [-0.15, -0.1) is 0 Å². The molecule has 3 nitrogen and oxygen atoms in total. The zero-order valence-electron chi connectivity index (χ0n) is 11.8. The highest BCUT2D eigenvalue weighted by Crippen LogP contribution is 2.34. The van der Waals surface area contributed by atoms with Crippen LogP contribution in [0.3, 0.4) is 0 Å². The molecule has 1 amide bonds. The molecule has 0 atom stereocenters. The van der Waals surface area contributed by atoms with Gasteiger partial charge in [0.15, 0.2) is 6.61 Å². The van der Waals surface area contributed by atoms with Crippen molar-refractivity contribution in [2.24, 2.45) is 0 Å². The molecule has 2 aromatic rings. The SMILES string of the molecule is O=C(COc1cccc(C(F)(F)F)c1)Nc1c(Cl)cc(Cl)cc1Cl. The van der Waals surface area contributed by atoms with E-state index in [0.717, 1.165) is 12.1 Å². The summed E-state index contributed by atoms with van der Waals surface area (Å²) in [6.07, 6.45) is -4.49. The molecule has 0 unspecified atom stereocenters. The van der Waals surface area contributed by atoms with Crippen molar-refractivity contribution in [2.75, 3.05) is 11.9 Å². The molecule has 0 spiro atoms. The van der Waals surface area contributed by atoms with Crippen molar-refractivity contribution in [3.63, 3.8) is 0 Å². The van der Waals surface area contributed by atoms with Gasteiger partial charge in [-0.1, -0.05) is 40.9 Å². The zero-order chi connectivity index (χ0) is 17.9. The fourth-order valence-electron chi connectivity index (χ4n) is 1.75. The number of nitrogens with one attached hydrogen (secondary N) is 1. The second kappa shape index (κ2) is 7.51. The topological polar surface area (TPSA) is 38.3 Å². The van der Waals surface area contributed by atoms with Gasteiger partial charge >= 0.3 is 6.18 Å². The number of ether oxygens (including phenoxy) is 1. The summed E-state index contributed by atoms with van der Waals surface area (Å²) >= 11 is 17.6. The van der Waals surface area contributed by atoms with Crippen molar-refractivity contribution in [1.29, 1.82) is 0 Å². The minimum Gasteiger partial charge on any atom is -0.484 e. The first kappa shape index (κ1) is 18.7. The fourth-order valence-corrected chi connectivity index (χ4v) is 2.66. The summed E-state index contributed by atoms with van der Waals surface area (Å²) in [6, 6.07) is 6.97. The molecule has 0 radical (unpaired) electrons. The van der Waals surface area contributed by atoms with Crippen molar-refractivity contribution in [3.8, 4) is 5.75 Å². The molecule has 0 aliphatic carbocycles. The molecule has 0 saturated carbocycles. The summed E-state index contributed by atoms with van der Waals surface area (Å²) < 4.78 is 42.9. The first-order valence-corrected chi connectivity index (χ1v) is 7.54. The third-order valence-electron chi connectivity index (χ3n) is 2.80. The Labute approximate surface area is 150 Å². The summed E-state index contributed by atoms with van der Waals surface area (Å²) in [5, 5.41) is 2.96. The normalized spacial score (nSPS) is 11.2. The number of anilines is 1. The number of carbonyl (C=O) groups excluding carboxylic acids is 1. The van der Waals surface area contributed by atoms with E-state index in [0.29, 0.717) is 5.02 Å². The van der Waals surface area contributed by atoms with Gasteiger partial charge in [0.1, 0.15) is 5.75 Å². The van der Waals surface area contributed by atoms with Gasteiger partial charge in [0.05, 0.1) is 21.3 Å². The standard InChI is InChI=1S/C15H9Cl3F3NO2/c16-9-5-11(17)14(12(18)6-9)22-13(23)7-24-10-3-1-2-8(4-10)15(19,20)21/h1-6H,7H2,(H,22,23). The van der Waals surface area contributed by atoms with Crippen LogP contribution in [0.15, 0.2) is 36.4 Å². The maximum atomic E-state index is 12.6. The summed E-state index contributed by atoms with van der Waals surface area (Å²) in [4.78, 5) is 11.8. The largest absolute Gasteiger partial charge is 0.484 e. The number of carbonyl (C=O) groups is 1. The Hall–Kier alpha value is -1.63. The Balaban J connectivity index is 2.02. The molecule has 0 aliphatic heterocycles. The molecule has 0 aromatic heterocycles. The highest BCUT2D eigenvalue weighted by Gasteiger charge is 2.30. The van der Waals surface area contributed by atoms with E-state index in [1.54, 1.807) is 0 Å².